The number of anilines is 1. The van der Waals surface area contributed by atoms with Crippen molar-refractivity contribution < 1.29 is 8.42 Å². The number of thiazole rings is 1. The fourth-order valence-electron chi connectivity index (χ4n) is 2.75. The number of rotatable bonds is 5. The van der Waals surface area contributed by atoms with Crippen LogP contribution in [0.5, 0.6) is 0 Å². The highest BCUT2D eigenvalue weighted by atomic mass is 35.5. The summed E-state index contributed by atoms with van der Waals surface area (Å²) in [6.07, 6.45) is 0. The first kappa shape index (κ1) is 19.9. The van der Waals surface area contributed by atoms with Crippen molar-refractivity contribution in [2.45, 2.75) is 4.90 Å². The summed E-state index contributed by atoms with van der Waals surface area (Å²) in [4.78, 5) is 4.60. The average molecular weight is 461 g/mol. The SMILES string of the molecule is O=S(=O)(Nc1cccc(-c2csc(-c3ccccc3)n2)c1)c1cc(Cl)ccc1Cl. The summed E-state index contributed by atoms with van der Waals surface area (Å²) >= 11 is 13.5. The van der Waals surface area contributed by atoms with Crippen molar-refractivity contribution in [3.05, 3.63) is 88.2 Å². The van der Waals surface area contributed by atoms with Gasteiger partial charge in [0.05, 0.1) is 10.7 Å². The van der Waals surface area contributed by atoms with Gasteiger partial charge in [-0.1, -0.05) is 65.7 Å². The van der Waals surface area contributed by atoms with Crippen molar-refractivity contribution in [1.29, 1.82) is 0 Å². The van der Waals surface area contributed by atoms with E-state index in [2.05, 4.69) is 9.71 Å². The first-order chi connectivity index (χ1) is 13.9. The molecule has 1 aromatic heterocycles. The molecule has 4 aromatic rings. The molecule has 0 atom stereocenters. The zero-order chi connectivity index (χ0) is 20.4. The number of sulfonamides is 1. The summed E-state index contributed by atoms with van der Waals surface area (Å²) in [6.45, 7) is 0. The minimum absolute atomic E-state index is 0.0721. The molecule has 1 heterocycles. The second kappa shape index (κ2) is 8.16. The maximum Gasteiger partial charge on any atom is 0.263 e. The van der Waals surface area contributed by atoms with Gasteiger partial charge in [0.25, 0.3) is 10.0 Å². The van der Waals surface area contributed by atoms with Gasteiger partial charge in [-0.3, -0.25) is 4.72 Å². The topological polar surface area (TPSA) is 59.1 Å². The number of aromatic nitrogens is 1. The minimum atomic E-state index is -3.89. The van der Waals surface area contributed by atoms with Crippen LogP contribution in [0.4, 0.5) is 5.69 Å². The van der Waals surface area contributed by atoms with E-state index < -0.39 is 10.0 Å². The third-order valence-electron chi connectivity index (χ3n) is 4.12. The summed E-state index contributed by atoms with van der Waals surface area (Å²) in [6, 6.07) is 21.3. The van der Waals surface area contributed by atoms with Crippen molar-refractivity contribution in [2.75, 3.05) is 4.72 Å². The molecule has 0 saturated carbocycles. The van der Waals surface area contributed by atoms with E-state index in [1.54, 1.807) is 18.2 Å². The third-order valence-corrected chi connectivity index (χ3v) is 7.11. The van der Waals surface area contributed by atoms with Crippen LogP contribution in [0.1, 0.15) is 0 Å². The van der Waals surface area contributed by atoms with Gasteiger partial charge in [-0.25, -0.2) is 13.4 Å². The molecule has 0 aliphatic carbocycles. The summed E-state index contributed by atoms with van der Waals surface area (Å²) in [5.41, 5.74) is 3.03. The number of benzene rings is 3. The van der Waals surface area contributed by atoms with Gasteiger partial charge in [-0.05, 0) is 30.3 Å². The molecular weight excluding hydrogens is 447 g/mol. The molecule has 4 nitrogen and oxygen atoms in total. The number of nitrogens with one attached hydrogen (secondary N) is 1. The summed E-state index contributed by atoms with van der Waals surface area (Å²) in [5.74, 6) is 0. The van der Waals surface area contributed by atoms with Crippen molar-refractivity contribution in [3.63, 3.8) is 0 Å². The first-order valence-electron chi connectivity index (χ1n) is 8.52. The van der Waals surface area contributed by atoms with Crippen molar-refractivity contribution in [3.8, 4) is 21.8 Å². The van der Waals surface area contributed by atoms with E-state index in [1.165, 1.54) is 29.5 Å². The zero-order valence-electron chi connectivity index (χ0n) is 14.8. The Balaban J connectivity index is 1.63. The molecule has 1 N–H and O–H groups in total. The van der Waals surface area contributed by atoms with Crippen LogP contribution in [0, 0.1) is 0 Å². The average Bonchev–Trinajstić information content (AvgIpc) is 3.21. The van der Waals surface area contributed by atoms with Gasteiger partial charge in [0.1, 0.15) is 9.90 Å². The number of halogens is 2. The molecule has 0 bridgehead atoms. The van der Waals surface area contributed by atoms with Gasteiger partial charge in [0.15, 0.2) is 0 Å². The van der Waals surface area contributed by atoms with Crippen LogP contribution in [-0.4, -0.2) is 13.4 Å². The molecule has 29 heavy (non-hydrogen) atoms. The second-order valence-electron chi connectivity index (χ2n) is 6.16. The molecule has 0 aliphatic heterocycles. The first-order valence-corrected chi connectivity index (χ1v) is 11.6. The highest BCUT2D eigenvalue weighted by Gasteiger charge is 2.19. The van der Waals surface area contributed by atoms with Crippen LogP contribution in [-0.2, 0) is 10.0 Å². The highest BCUT2D eigenvalue weighted by molar-refractivity contribution is 7.92. The molecule has 0 fully saturated rings. The summed E-state index contributed by atoms with van der Waals surface area (Å²) in [5, 5.41) is 3.24. The van der Waals surface area contributed by atoms with E-state index >= 15 is 0 Å². The molecule has 0 radical (unpaired) electrons. The van der Waals surface area contributed by atoms with Gasteiger partial charge in [0, 0.05) is 27.2 Å². The molecule has 8 heteroatoms. The van der Waals surface area contributed by atoms with Crippen LogP contribution in [0.3, 0.4) is 0 Å². The fourth-order valence-corrected chi connectivity index (χ4v) is 5.40. The Labute approximate surface area is 182 Å². The quantitative estimate of drug-likeness (QED) is 0.365. The fraction of sp³-hybridized carbons (Fsp3) is 0. The maximum absolute atomic E-state index is 12.7. The molecule has 146 valence electrons. The van der Waals surface area contributed by atoms with Crippen molar-refractivity contribution in [1.82, 2.24) is 4.98 Å². The van der Waals surface area contributed by atoms with Gasteiger partial charge in [-0.2, -0.15) is 0 Å². The predicted molar refractivity (Wildman–Crippen MR) is 120 cm³/mol. The lowest BCUT2D eigenvalue weighted by atomic mass is 10.1. The lowest BCUT2D eigenvalue weighted by Gasteiger charge is -2.10. The summed E-state index contributed by atoms with van der Waals surface area (Å²) < 4.78 is 28.0. The molecule has 0 spiro atoms. The number of hydrogen-bond donors (Lipinski definition) is 1. The zero-order valence-corrected chi connectivity index (χ0v) is 18.0. The Morgan fingerprint density at radius 3 is 2.41 bits per heavy atom. The smallest absolute Gasteiger partial charge is 0.263 e. The molecule has 3 aromatic carbocycles. The van der Waals surface area contributed by atoms with Crippen LogP contribution in [0.25, 0.3) is 21.8 Å². The molecule has 0 unspecified atom stereocenters. The third kappa shape index (κ3) is 4.46. The molecular formula is C21H14Cl2N2O2S2. The highest BCUT2D eigenvalue weighted by Crippen LogP contribution is 2.31. The van der Waals surface area contributed by atoms with Crippen LogP contribution < -0.4 is 4.72 Å². The molecule has 0 aliphatic rings. The van der Waals surface area contributed by atoms with E-state index in [4.69, 9.17) is 23.2 Å². The van der Waals surface area contributed by atoms with E-state index in [0.29, 0.717) is 10.7 Å². The maximum atomic E-state index is 12.7. The molecule has 0 amide bonds. The second-order valence-corrected chi connectivity index (χ2v) is 9.52. The molecule has 0 saturated heterocycles. The van der Waals surface area contributed by atoms with E-state index in [9.17, 15) is 8.42 Å². The van der Waals surface area contributed by atoms with Gasteiger partial charge >= 0.3 is 0 Å². The van der Waals surface area contributed by atoms with E-state index in [-0.39, 0.29) is 9.92 Å². The molecule has 4 rings (SSSR count). The van der Waals surface area contributed by atoms with Crippen molar-refractivity contribution >= 4 is 50.2 Å². The van der Waals surface area contributed by atoms with Crippen LogP contribution >= 0.6 is 34.5 Å². The van der Waals surface area contributed by atoms with E-state index in [1.807, 2.05) is 41.8 Å². The Morgan fingerprint density at radius 2 is 1.62 bits per heavy atom. The van der Waals surface area contributed by atoms with Crippen molar-refractivity contribution in [2.24, 2.45) is 0 Å². The standard InChI is InChI=1S/C21H14Cl2N2O2S2/c22-16-9-10-18(23)20(12-16)29(26,27)25-17-8-4-7-15(11-17)19-13-28-21(24-19)14-5-2-1-3-6-14/h1-13,25H. The Morgan fingerprint density at radius 1 is 0.862 bits per heavy atom. The number of hydrogen-bond acceptors (Lipinski definition) is 4. The lowest BCUT2D eigenvalue weighted by Crippen LogP contribution is -2.13. The van der Waals surface area contributed by atoms with Gasteiger partial charge in [0.2, 0.25) is 0 Å². The minimum Gasteiger partial charge on any atom is -0.280 e. The normalized spacial score (nSPS) is 11.4. The largest absolute Gasteiger partial charge is 0.280 e. The van der Waals surface area contributed by atoms with Crippen LogP contribution in [0.15, 0.2) is 83.1 Å². The van der Waals surface area contributed by atoms with Gasteiger partial charge < -0.3 is 0 Å². The Hall–Kier alpha value is -2.38. The lowest BCUT2D eigenvalue weighted by molar-refractivity contribution is 0.601. The van der Waals surface area contributed by atoms with E-state index in [0.717, 1.165) is 21.8 Å². The summed E-state index contributed by atoms with van der Waals surface area (Å²) in [7, 11) is -3.89. The Bertz CT molecular complexity index is 1270. The van der Waals surface area contributed by atoms with Gasteiger partial charge in [-0.15, -0.1) is 11.3 Å². The predicted octanol–water partition coefficient (Wildman–Crippen LogP) is 6.58. The number of nitrogens with zero attached hydrogens (tertiary/aromatic N) is 1. The Kier molecular flexibility index (Phi) is 5.61. The van der Waals surface area contributed by atoms with Crippen LogP contribution in [0.2, 0.25) is 10.0 Å². The monoisotopic (exact) mass is 460 g/mol.